The molecule has 1 atom stereocenters. The van der Waals surface area contributed by atoms with Crippen LogP contribution in [0, 0.1) is 0 Å². The smallest absolute Gasteiger partial charge is 0.122 e. The fourth-order valence-corrected chi connectivity index (χ4v) is 2.41. The van der Waals surface area contributed by atoms with Gasteiger partial charge in [-0.05, 0) is 17.7 Å². The van der Waals surface area contributed by atoms with Crippen molar-refractivity contribution < 1.29 is 14.2 Å². The van der Waals surface area contributed by atoms with Crippen LogP contribution in [0.4, 0.5) is 0 Å². The predicted octanol–water partition coefficient (Wildman–Crippen LogP) is 1.04. The van der Waals surface area contributed by atoms with Gasteiger partial charge in [0.25, 0.3) is 0 Å². The molecule has 1 aliphatic rings. The van der Waals surface area contributed by atoms with Gasteiger partial charge in [-0.25, -0.2) is 0 Å². The molecule has 1 fully saturated rings. The van der Waals surface area contributed by atoms with Gasteiger partial charge in [0.15, 0.2) is 0 Å². The van der Waals surface area contributed by atoms with E-state index in [0.717, 1.165) is 43.4 Å². The molecule has 0 aromatic heterocycles. The summed E-state index contributed by atoms with van der Waals surface area (Å²) in [4.78, 5) is 2.34. The SMILES string of the molecule is COc1cc(OC)cc([C@@H](CN)N2CCOCC2)c1. The molecule has 19 heavy (non-hydrogen) atoms. The molecule has 0 spiro atoms. The molecule has 1 aromatic rings. The van der Waals surface area contributed by atoms with Gasteiger partial charge in [-0.3, -0.25) is 4.90 Å². The highest BCUT2D eigenvalue weighted by atomic mass is 16.5. The molecule has 2 rings (SSSR count). The van der Waals surface area contributed by atoms with Crippen LogP contribution < -0.4 is 15.2 Å². The second-order valence-electron chi connectivity index (χ2n) is 4.55. The zero-order valence-corrected chi connectivity index (χ0v) is 11.6. The lowest BCUT2D eigenvalue weighted by atomic mass is 10.0. The molecular weight excluding hydrogens is 244 g/mol. The van der Waals surface area contributed by atoms with Crippen LogP contribution in [0.5, 0.6) is 11.5 Å². The monoisotopic (exact) mass is 266 g/mol. The quantitative estimate of drug-likeness (QED) is 0.863. The van der Waals surface area contributed by atoms with Gasteiger partial charge in [0, 0.05) is 31.7 Å². The van der Waals surface area contributed by atoms with Crippen molar-refractivity contribution in [3.8, 4) is 11.5 Å². The van der Waals surface area contributed by atoms with E-state index in [-0.39, 0.29) is 6.04 Å². The van der Waals surface area contributed by atoms with E-state index >= 15 is 0 Å². The van der Waals surface area contributed by atoms with Crippen molar-refractivity contribution in [1.82, 2.24) is 4.90 Å². The minimum absolute atomic E-state index is 0.174. The summed E-state index contributed by atoms with van der Waals surface area (Å²) in [5.41, 5.74) is 7.08. The Labute approximate surface area is 114 Å². The van der Waals surface area contributed by atoms with Crippen LogP contribution in [0.15, 0.2) is 18.2 Å². The van der Waals surface area contributed by atoms with E-state index < -0.39 is 0 Å². The number of hydrogen-bond donors (Lipinski definition) is 1. The highest BCUT2D eigenvalue weighted by Crippen LogP contribution is 2.29. The maximum Gasteiger partial charge on any atom is 0.122 e. The third-order valence-corrected chi connectivity index (χ3v) is 3.47. The van der Waals surface area contributed by atoms with E-state index in [2.05, 4.69) is 4.90 Å². The second-order valence-corrected chi connectivity index (χ2v) is 4.55. The van der Waals surface area contributed by atoms with Crippen molar-refractivity contribution in [3.05, 3.63) is 23.8 Å². The Morgan fingerprint density at radius 1 is 1.16 bits per heavy atom. The Kier molecular flexibility index (Phi) is 5.01. The summed E-state index contributed by atoms with van der Waals surface area (Å²) in [6.07, 6.45) is 0. The molecule has 0 aliphatic carbocycles. The first-order valence-corrected chi connectivity index (χ1v) is 6.53. The molecule has 0 saturated carbocycles. The lowest BCUT2D eigenvalue weighted by Crippen LogP contribution is -2.41. The zero-order chi connectivity index (χ0) is 13.7. The predicted molar refractivity (Wildman–Crippen MR) is 73.7 cm³/mol. The highest BCUT2D eigenvalue weighted by molar-refractivity contribution is 5.40. The summed E-state index contributed by atoms with van der Waals surface area (Å²) < 4.78 is 16.0. The average Bonchev–Trinajstić information content (AvgIpc) is 2.48. The Hall–Kier alpha value is -1.30. The van der Waals surface area contributed by atoms with Gasteiger partial charge in [0.1, 0.15) is 11.5 Å². The molecule has 5 heteroatoms. The highest BCUT2D eigenvalue weighted by Gasteiger charge is 2.22. The van der Waals surface area contributed by atoms with E-state index in [9.17, 15) is 0 Å². The molecule has 0 amide bonds. The fourth-order valence-electron chi connectivity index (χ4n) is 2.41. The van der Waals surface area contributed by atoms with Crippen molar-refractivity contribution in [2.75, 3.05) is 47.1 Å². The Bertz CT molecular complexity index is 383. The van der Waals surface area contributed by atoms with Crippen LogP contribution in [0.3, 0.4) is 0 Å². The van der Waals surface area contributed by atoms with Crippen molar-refractivity contribution in [2.24, 2.45) is 5.73 Å². The van der Waals surface area contributed by atoms with Crippen LogP contribution >= 0.6 is 0 Å². The Morgan fingerprint density at radius 2 is 1.74 bits per heavy atom. The lowest BCUT2D eigenvalue weighted by molar-refractivity contribution is 0.0178. The summed E-state index contributed by atoms with van der Waals surface area (Å²) in [5, 5.41) is 0. The molecule has 0 radical (unpaired) electrons. The average molecular weight is 266 g/mol. The number of rotatable bonds is 5. The molecule has 106 valence electrons. The molecule has 5 nitrogen and oxygen atoms in total. The molecule has 1 heterocycles. The van der Waals surface area contributed by atoms with Crippen LogP contribution in [-0.2, 0) is 4.74 Å². The number of ether oxygens (including phenoxy) is 3. The summed E-state index contributed by atoms with van der Waals surface area (Å²) in [7, 11) is 3.31. The number of morpholine rings is 1. The Balaban J connectivity index is 2.25. The second kappa shape index (κ2) is 6.75. The minimum atomic E-state index is 0.174. The third kappa shape index (κ3) is 3.37. The Morgan fingerprint density at radius 3 is 2.21 bits per heavy atom. The number of hydrogen-bond acceptors (Lipinski definition) is 5. The standard InChI is InChI=1S/C14H22N2O3/c1-17-12-7-11(8-13(9-12)18-2)14(10-15)16-3-5-19-6-4-16/h7-9,14H,3-6,10,15H2,1-2H3/t14-/m1/s1. The van der Waals surface area contributed by atoms with Crippen LogP contribution in [0.25, 0.3) is 0 Å². The summed E-state index contributed by atoms with van der Waals surface area (Å²) in [5.74, 6) is 1.59. The van der Waals surface area contributed by atoms with E-state index in [4.69, 9.17) is 19.9 Å². The number of methoxy groups -OCH3 is 2. The first kappa shape index (κ1) is 14.1. The van der Waals surface area contributed by atoms with Crippen molar-refractivity contribution in [1.29, 1.82) is 0 Å². The van der Waals surface area contributed by atoms with E-state index in [1.54, 1.807) is 14.2 Å². The molecular formula is C14H22N2O3. The fraction of sp³-hybridized carbons (Fsp3) is 0.571. The van der Waals surface area contributed by atoms with Gasteiger partial charge in [-0.1, -0.05) is 0 Å². The maximum absolute atomic E-state index is 5.95. The largest absolute Gasteiger partial charge is 0.497 e. The maximum atomic E-state index is 5.95. The normalized spacial score (nSPS) is 18.1. The van der Waals surface area contributed by atoms with Crippen molar-refractivity contribution in [3.63, 3.8) is 0 Å². The summed E-state index contributed by atoms with van der Waals surface area (Å²) >= 11 is 0. The summed E-state index contributed by atoms with van der Waals surface area (Å²) in [6.45, 7) is 3.90. The first-order chi connectivity index (χ1) is 9.28. The molecule has 1 saturated heterocycles. The molecule has 0 unspecified atom stereocenters. The molecule has 1 aromatic carbocycles. The minimum Gasteiger partial charge on any atom is -0.497 e. The lowest BCUT2D eigenvalue weighted by Gasteiger charge is -2.34. The molecule has 0 bridgehead atoms. The molecule has 2 N–H and O–H groups in total. The number of benzene rings is 1. The van der Waals surface area contributed by atoms with Gasteiger partial charge < -0.3 is 19.9 Å². The van der Waals surface area contributed by atoms with Gasteiger partial charge in [0.05, 0.1) is 27.4 Å². The van der Waals surface area contributed by atoms with Gasteiger partial charge in [0.2, 0.25) is 0 Å². The third-order valence-electron chi connectivity index (χ3n) is 3.47. The van der Waals surface area contributed by atoms with Crippen molar-refractivity contribution in [2.45, 2.75) is 6.04 Å². The van der Waals surface area contributed by atoms with Crippen LogP contribution in [0.2, 0.25) is 0 Å². The van der Waals surface area contributed by atoms with E-state index in [0.29, 0.717) is 6.54 Å². The number of nitrogens with zero attached hydrogens (tertiary/aromatic N) is 1. The van der Waals surface area contributed by atoms with Crippen molar-refractivity contribution >= 4 is 0 Å². The van der Waals surface area contributed by atoms with Crippen LogP contribution in [-0.4, -0.2) is 52.0 Å². The van der Waals surface area contributed by atoms with E-state index in [1.807, 2.05) is 18.2 Å². The van der Waals surface area contributed by atoms with Crippen LogP contribution in [0.1, 0.15) is 11.6 Å². The summed E-state index contributed by atoms with van der Waals surface area (Å²) in [6, 6.07) is 6.09. The van der Waals surface area contributed by atoms with Gasteiger partial charge in [-0.2, -0.15) is 0 Å². The van der Waals surface area contributed by atoms with Gasteiger partial charge in [-0.15, -0.1) is 0 Å². The topological polar surface area (TPSA) is 57.0 Å². The van der Waals surface area contributed by atoms with Gasteiger partial charge >= 0.3 is 0 Å². The number of nitrogens with two attached hydrogens (primary N) is 1. The zero-order valence-electron chi connectivity index (χ0n) is 11.6. The molecule has 1 aliphatic heterocycles. The first-order valence-electron chi connectivity index (χ1n) is 6.53. The van der Waals surface area contributed by atoms with E-state index in [1.165, 1.54) is 0 Å².